The van der Waals surface area contributed by atoms with Crippen molar-refractivity contribution in [2.24, 2.45) is 61.6 Å². The standard InChI is InChI=1S/C49H76O6/c1-6-15-37-47-23-21-36-44(4)27-26-42(2)24-25-43(3,41(52)53)31-38(42)46(44,22-14-8-11-16-34-17-12-13-18-34)29-28-45(36,5)48(47,33-50)39(51)32-49(37,54)55-40(47)30-35-19-9-7-10-20-35/h7,9-10,19-20,34,36-40,50-51,54H,6,8,11-18,21-33H2,1-5H3,(H,52,53). The van der Waals surface area contributed by atoms with Crippen LogP contribution in [0.2, 0.25) is 0 Å². The predicted octanol–water partition coefficient (Wildman–Crippen LogP) is 10.5. The highest BCUT2D eigenvalue weighted by molar-refractivity contribution is 5.74. The van der Waals surface area contributed by atoms with Crippen molar-refractivity contribution in [1.82, 2.24) is 0 Å². The molecule has 7 aliphatic rings. The van der Waals surface area contributed by atoms with Crippen LogP contribution in [0, 0.1) is 61.6 Å². The first-order valence-corrected chi connectivity index (χ1v) is 23.1. The summed E-state index contributed by atoms with van der Waals surface area (Å²) in [7, 11) is 0. The number of rotatable bonds is 12. The van der Waals surface area contributed by atoms with Crippen LogP contribution in [0.15, 0.2) is 30.3 Å². The van der Waals surface area contributed by atoms with Crippen molar-refractivity contribution >= 4 is 5.97 Å². The molecule has 8 rings (SSSR count). The third-order valence-corrected chi connectivity index (χ3v) is 20.0. The maximum Gasteiger partial charge on any atom is 0.309 e. The summed E-state index contributed by atoms with van der Waals surface area (Å²) in [5.41, 5.74) is -1.23. The number of hydrogen-bond donors (Lipinski definition) is 4. The number of hydrogen-bond acceptors (Lipinski definition) is 5. The predicted molar refractivity (Wildman–Crippen MR) is 217 cm³/mol. The third kappa shape index (κ3) is 5.54. The lowest BCUT2D eigenvalue weighted by Crippen LogP contribution is -2.77. The molecule has 1 aliphatic heterocycles. The summed E-state index contributed by atoms with van der Waals surface area (Å²) in [5.74, 6) is -0.670. The summed E-state index contributed by atoms with van der Waals surface area (Å²) in [6.07, 6.45) is 21.8. The van der Waals surface area contributed by atoms with Crippen LogP contribution in [0.3, 0.4) is 0 Å². The molecule has 1 aromatic carbocycles. The Bertz CT molecular complexity index is 1560. The molecule has 1 saturated heterocycles. The Labute approximate surface area is 333 Å². The molecule has 6 nitrogen and oxygen atoms in total. The molecule has 13 atom stereocenters. The quantitative estimate of drug-likeness (QED) is 0.158. The van der Waals surface area contributed by atoms with E-state index in [0.29, 0.717) is 12.3 Å². The molecule has 55 heavy (non-hydrogen) atoms. The van der Waals surface area contributed by atoms with E-state index in [1.54, 1.807) is 0 Å². The minimum atomic E-state index is -1.41. The number of aliphatic carboxylic acids is 1. The first-order chi connectivity index (χ1) is 26.1. The van der Waals surface area contributed by atoms with Gasteiger partial charge in [-0.15, -0.1) is 0 Å². The van der Waals surface area contributed by atoms with Gasteiger partial charge in [-0.05, 0) is 129 Å². The van der Waals surface area contributed by atoms with Gasteiger partial charge in [0.1, 0.15) is 0 Å². The molecule has 308 valence electrons. The zero-order valence-corrected chi connectivity index (χ0v) is 35.2. The third-order valence-electron chi connectivity index (χ3n) is 20.0. The van der Waals surface area contributed by atoms with Crippen LogP contribution in [-0.2, 0) is 16.0 Å². The van der Waals surface area contributed by atoms with Gasteiger partial charge in [-0.2, -0.15) is 0 Å². The van der Waals surface area contributed by atoms with Crippen molar-refractivity contribution in [2.45, 2.75) is 194 Å². The average molecular weight is 761 g/mol. The Morgan fingerprint density at radius 2 is 1.53 bits per heavy atom. The van der Waals surface area contributed by atoms with E-state index < -0.39 is 34.1 Å². The number of ether oxygens (including phenoxy) is 1. The highest BCUT2D eigenvalue weighted by Crippen LogP contribution is 2.84. The van der Waals surface area contributed by atoms with Gasteiger partial charge >= 0.3 is 5.97 Å². The summed E-state index contributed by atoms with van der Waals surface area (Å²) < 4.78 is 6.95. The molecule has 1 heterocycles. The fraction of sp³-hybridized carbons (Fsp3) is 0.857. The van der Waals surface area contributed by atoms with E-state index >= 15 is 0 Å². The molecule has 7 fully saturated rings. The number of carboxylic acids is 1. The number of unbranched alkanes of at least 4 members (excludes halogenated alkanes) is 2. The van der Waals surface area contributed by atoms with Gasteiger partial charge in [0.25, 0.3) is 0 Å². The van der Waals surface area contributed by atoms with E-state index in [0.717, 1.165) is 83.0 Å². The summed E-state index contributed by atoms with van der Waals surface area (Å²) >= 11 is 0. The Balaban J connectivity index is 1.21. The number of fused-ring (bicyclic) bond motifs is 7. The highest BCUT2D eigenvalue weighted by atomic mass is 16.6. The number of aliphatic hydroxyl groups is 3. The molecule has 0 amide bonds. The average Bonchev–Trinajstić information content (AvgIpc) is 3.73. The van der Waals surface area contributed by atoms with Crippen molar-refractivity contribution in [3.05, 3.63) is 35.9 Å². The van der Waals surface area contributed by atoms with Crippen LogP contribution in [0.1, 0.15) is 175 Å². The SMILES string of the molecule is CCCC1C2(O)CC(O)C3(CO)C4(C)CCC5(CCCCCC6CCCC6)C6CC(C)(C(=O)O)CCC6(C)CCC5(C)C4CCC13C(Cc1ccccc1)O2. The van der Waals surface area contributed by atoms with Gasteiger partial charge in [0.15, 0.2) is 5.79 Å². The second-order valence-electron chi connectivity index (χ2n) is 22.0. The van der Waals surface area contributed by atoms with E-state index in [2.05, 4.69) is 52.0 Å². The van der Waals surface area contributed by atoms with E-state index in [1.165, 1.54) is 56.9 Å². The lowest BCUT2D eigenvalue weighted by atomic mass is 9.25. The Morgan fingerprint density at radius 1 is 0.818 bits per heavy atom. The van der Waals surface area contributed by atoms with Crippen LogP contribution in [0.25, 0.3) is 0 Å². The summed E-state index contributed by atoms with van der Waals surface area (Å²) in [5, 5.41) is 48.2. The Hall–Kier alpha value is -1.47. The molecule has 6 saturated carbocycles. The van der Waals surface area contributed by atoms with E-state index in [9.17, 15) is 25.2 Å². The van der Waals surface area contributed by atoms with Gasteiger partial charge in [0.2, 0.25) is 0 Å². The number of carbonyl (C=O) groups is 1. The zero-order valence-electron chi connectivity index (χ0n) is 35.2. The Kier molecular flexibility index (Phi) is 10.3. The van der Waals surface area contributed by atoms with Crippen molar-refractivity contribution in [2.75, 3.05) is 6.61 Å². The van der Waals surface area contributed by atoms with Crippen molar-refractivity contribution < 1.29 is 30.0 Å². The normalized spacial score (nSPS) is 49.1. The first-order valence-electron chi connectivity index (χ1n) is 23.1. The second kappa shape index (κ2) is 14.1. The molecule has 0 aromatic heterocycles. The van der Waals surface area contributed by atoms with Crippen molar-refractivity contribution in [1.29, 1.82) is 0 Å². The largest absolute Gasteiger partial charge is 0.481 e. The van der Waals surface area contributed by atoms with Gasteiger partial charge in [-0.3, -0.25) is 4.79 Å². The molecule has 4 N–H and O–H groups in total. The zero-order chi connectivity index (χ0) is 39.1. The molecular weight excluding hydrogens is 685 g/mol. The second-order valence-corrected chi connectivity index (χ2v) is 22.0. The fourth-order valence-corrected chi connectivity index (χ4v) is 17.3. The minimum Gasteiger partial charge on any atom is -0.481 e. The topological polar surface area (TPSA) is 107 Å². The molecule has 13 unspecified atom stereocenters. The molecule has 1 aromatic rings. The van der Waals surface area contributed by atoms with Crippen LogP contribution >= 0.6 is 0 Å². The molecule has 0 radical (unpaired) electrons. The molecular formula is C49H76O6. The highest BCUT2D eigenvalue weighted by Gasteiger charge is 2.84. The summed E-state index contributed by atoms with van der Waals surface area (Å²) in [6.45, 7) is 11.7. The molecule has 2 bridgehead atoms. The molecule has 1 spiro atoms. The van der Waals surface area contributed by atoms with Gasteiger partial charge in [0.05, 0.1) is 24.2 Å². The van der Waals surface area contributed by atoms with Gasteiger partial charge in [-0.25, -0.2) is 0 Å². The van der Waals surface area contributed by atoms with Gasteiger partial charge < -0.3 is 25.2 Å². The summed E-state index contributed by atoms with van der Waals surface area (Å²) in [6, 6.07) is 10.5. The number of carboxylic acid groups (broad SMARTS) is 1. The van der Waals surface area contributed by atoms with E-state index in [4.69, 9.17) is 4.74 Å². The van der Waals surface area contributed by atoms with E-state index in [-0.39, 0.29) is 52.6 Å². The lowest BCUT2D eigenvalue weighted by molar-refractivity contribution is -0.339. The molecule has 6 heteroatoms. The monoisotopic (exact) mass is 761 g/mol. The van der Waals surface area contributed by atoms with Gasteiger partial charge in [-0.1, -0.05) is 116 Å². The van der Waals surface area contributed by atoms with Gasteiger partial charge in [0, 0.05) is 23.2 Å². The smallest absolute Gasteiger partial charge is 0.309 e. The number of benzene rings is 1. The fourth-order valence-electron chi connectivity index (χ4n) is 17.3. The van der Waals surface area contributed by atoms with E-state index in [1.807, 2.05) is 13.0 Å². The lowest BCUT2D eigenvalue weighted by Gasteiger charge is -2.78. The van der Waals surface area contributed by atoms with Crippen LogP contribution in [0.5, 0.6) is 0 Å². The Morgan fingerprint density at radius 3 is 2.22 bits per heavy atom. The van der Waals surface area contributed by atoms with Crippen molar-refractivity contribution in [3.63, 3.8) is 0 Å². The maximum atomic E-state index is 13.0. The summed E-state index contributed by atoms with van der Waals surface area (Å²) in [4.78, 5) is 13.0. The van der Waals surface area contributed by atoms with Crippen LogP contribution in [-0.4, -0.2) is 51.0 Å². The first kappa shape index (κ1) is 40.3. The maximum absolute atomic E-state index is 13.0. The van der Waals surface area contributed by atoms with Crippen LogP contribution < -0.4 is 0 Å². The van der Waals surface area contributed by atoms with Crippen LogP contribution in [0.4, 0.5) is 0 Å². The van der Waals surface area contributed by atoms with Crippen molar-refractivity contribution in [3.8, 4) is 0 Å². The number of aliphatic hydroxyl groups excluding tert-OH is 2. The molecule has 6 aliphatic carbocycles. The minimum absolute atomic E-state index is 0.00854.